The van der Waals surface area contributed by atoms with Crippen LogP contribution in [-0.2, 0) is 9.59 Å². The number of amides is 3. The lowest BCUT2D eigenvalue weighted by atomic mass is 9.96. The van der Waals surface area contributed by atoms with Gasteiger partial charge in [-0.25, -0.2) is 0 Å². The van der Waals surface area contributed by atoms with Gasteiger partial charge in [-0.1, -0.05) is 24.3 Å². The molecule has 1 saturated heterocycles. The van der Waals surface area contributed by atoms with E-state index < -0.39 is 0 Å². The average molecular weight is 337 g/mol. The van der Waals surface area contributed by atoms with Crippen molar-refractivity contribution < 1.29 is 14.4 Å². The summed E-state index contributed by atoms with van der Waals surface area (Å²) in [6.45, 7) is 1.03. The third-order valence-corrected chi connectivity index (χ3v) is 5.19. The third-order valence-electron chi connectivity index (χ3n) is 5.19. The number of carbonyl (C=O) groups excluding carboxylic acids is 3. The number of nitrogens with two attached hydrogens (primary N) is 1. The van der Waals surface area contributed by atoms with Gasteiger partial charge in [0.15, 0.2) is 0 Å². The summed E-state index contributed by atoms with van der Waals surface area (Å²) in [5, 5.41) is 1.91. The molecule has 6 nitrogen and oxygen atoms in total. The lowest BCUT2D eigenvalue weighted by Gasteiger charge is -2.32. The summed E-state index contributed by atoms with van der Waals surface area (Å²) in [6, 6.07) is 11.4. The SMILES string of the molecule is NC(=O)C1CCN(C(=O)CN2C(=O)c3cccc4cccc2c34)CC1. The molecule has 128 valence electrons. The van der Waals surface area contributed by atoms with Crippen molar-refractivity contribution in [1.82, 2.24) is 4.90 Å². The Morgan fingerprint density at radius 2 is 1.76 bits per heavy atom. The predicted molar refractivity (Wildman–Crippen MR) is 94.1 cm³/mol. The van der Waals surface area contributed by atoms with Gasteiger partial charge >= 0.3 is 0 Å². The molecule has 6 heteroatoms. The zero-order chi connectivity index (χ0) is 17.6. The first kappa shape index (κ1) is 15.6. The maximum Gasteiger partial charge on any atom is 0.259 e. The van der Waals surface area contributed by atoms with Crippen LogP contribution in [0.5, 0.6) is 0 Å². The van der Waals surface area contributed by atoms with Crippen LogP contribution in [0.4, 0.5) is 5.69 Å². The number of piperidine rings is 1. The summed E-state index contributed by atoms with van der Waals surface area (Å²) in [5.74, 6) is -0.687. The molecule has 0 aromatic heterocycles. The second-order valence-electron chi connectivity index (χ2n) is 6.63. The molecule has 0 radical (unpaired) electrons. The summed E-state index contributed by atoms with van der Waals surface area (Å²) in [4.78, 5) is 39.9. The normalized spacial score (nSPS) is 17.4. The molecular formula is C19H19N3O3. The number of primary amides is 1. The summed E-state index contributed by atoms with van der Waals surface area (Å²) < 4.78 is 0. The molecule has 2 aromatic rings. The van der Waals surface area contributed by atoms with Gasteiger partial charge in [-0.05, 0) is 30.4 Å². The van der Waals surface area contributed by atoms with E-state index in [0.717, 1.165) is 16.5 Å². The van der Waals surface area contributed by atoms with Gasteiger partial charge < -0.3 is 10.6 Å². The molecule has 0 bridgehead atoms. The minimum Gasteiger partial charge on any atom is -0.369 e. The van der Waals surface area contributed by atoms with Gasteiger partial charge in [-0.3, -0.25) is 19.3 Å². The fraction of sp³-hybridized carbons (Fsp3) is 0.316. The van der Waals surface area contributed by atoms with Gasteiger partial charge in [-0.15, -0.1) is 0 Å². The highest BCUT2D eigenvalue weighted by Crippen LogP contribution is 2.37. The Morgan fingerprint density at radius 1 is 1.08 bits per heavy atom. The van der Waals surface area contributed by atoms with Crippen molar-refractivity contribution in [2.24, 2.45) is 11.7 Å². The molecule has 2 heterocycles. The number of anilines is 1. The quantitative estimate of drug-likeness (QED) is 0.922. The van der Waals surface area contributed by atoms with Gasteiger partial charge in [0.1, 0.15) is 6.54 Å². The van der Waals surface area contributed by atoms with Crippen molar-refractivity contribution in [3.63, 3.8) is 0 Å². The van der Waals surface area contributed by atoms with E-state index in [1.807, 2.05) is 30.3 Å². The van der Waals surface area contributed by atoms with Crippen molar-refractivity contribution in [3.05, 3.63) is 42.0 Å². The molecule has 2 aromatic carbocycles. The Kier molecular flexibility index (Phi) is 3.67. The summed E-state index contributed by atoms with van der Waals surface area (Å²) in [7, 11) is 0. The van der Waals surface area contributed by atoms with Crippen LogP contribution >= 0.6 is 0 Å². The van der Waals surface area contributed by atoms with E-state index in [4.69, 9.17) is 5.73 Å². The van der Waals surface area contributed by atoms with E-state index in [2.05, 4.69) is 0 Å². The lowest BCUT2D eigenvalue weighted by Crippen LogP contribution is -2.46. The van der Waals surface area contributed by atoms with Gasteiger partial charge in [0.25, 0.3) is 5.91 Å². The minimum atomic E-state index is -0.302. The zero-order valence-electron chi connectivity index (χ0n) is 13.8. The van der Waals surface area contributed by atoms with Crippen LogP contribution in [0.15, 0.2) is 36.4 Å². The van der Waals surface area contributed by atoms with Crippen molar-refractivity contribution in [2.75, 3.05) is 24.5 Å². The highest BCUT2D eigenvalue weighted by atomic mass is 16.2. The number of benzene rings is 2. The standard InChI is InChI=1S/C19H19N3O3/c20-18(24)13-7-9-21(10-8-13)16(23)11-22-15-6-2-4-12-3-1-5-14(17(12)15)19(22)25/h1-6,13H,7-11H2,(H2,20,24). The van der Waals surface area contributed by atoms with Crippen LogP contribution in [0.25, 0.3) is 10.8 Å². The minimum absolute atomic E-state index is 0.0217. The molecular weight excluding hydrogens is 318 g/mol. The van der Waals surface area contributed by atoms with Gasteiger partial charge in [0, 0.05) is 30.0 Å². The first-order valence-corrected chi connectivity index (χ1v) is 8.47. The van der Waals surface area contributed by atoms with Crippen LogP contribution in [-0.4, -0.2) is 42.3 Å². The molecule has 2 aliphatic heterocycles. The van der Waals surface area contributed by atoms with Gasteiger partial charge in [0.05, 0.1) is 5.69 Å². The molecule has 1 fully saturated rings. The first-order valence-electron chi connectivity index (χ1n) is 8.47. The molecule has 25 heavy (non-hydrogen) atoms. The second kappa shape index (κ2) is 5.88. The molecule has 2 aliphatic rings. The van der Waals surface area contributed by atoms with E-state index >= 15 is 0 Å². The number of rotatable bonds is 3. The Balaban J connectivity index is 1.53. The van der Waals surface area contributed by atoms with E-state index in [9.17, 15) is 14.4 Å². The number of nitrogens with zero attached hydrogens (tertiary/aromatic N) is 2. The predicted octanol–water partition coefficient (Wildman–Crippen LogP) is 1.52. The van der Waals surface area contributed by atoms with E-state index in [0.29, 0.717) is 31.5 Å². The highest BCUT2D eigenvalue weighted by Gasteiger charge is 2.33. The number of carbonyl (C=O) groups is 3. The number of hydrogen-bond donors (Lipinski definition) is 1. The maximum atomic E-state index is 12.7. The zero-order valence-corrected chi connectivity index (χ0v) is 13.8. The Labute approximate surface area is 145 Å². The van der Waals surface area contributed by atoms with E-state index in [-0.39, 0.29) is 30.2 Å². The number of hydrogen-bond acceptors (Lipinski definition) is 3. The monoisotopic (exact) mass is 337 g/mol. The summed E-state index contributed by atoms with van der Waals surface area (Å²) >= 11 is 0. The Morgan fingerprint density at radius 3 is 2.44 bits per heavy atom. The van der Waals surface area contributed by atoms with Crippen LogP contribution in [0.1, 0.15) is 23.2 Å². The van der Waals surface area contributed by atoms with Crippen LogP contribution in [0.3, 0.4) is 0 Å². The first-order chi connectivity index (χ1) is 12.1. The van der Waals surface area contributed by atoms with Gasteiger partial charge in [-0.2, -0.15) is 0 Å². The van der Waals surface area contributed by atoms with E-state index in [1.54, 1.807) is 15.9 Å². The van der Waals surface area contributed by atoms with Crippen LogP contribution in [0.2, 0.25) is 0 Å². The Hall–Kier alpha value is -2.89. The molecule has 0 unspecified atom stereocenters. The second-order valence-corrected chi connectivity index (χ2v) is 6.63. The largest absolute Gasteiger partial charge is 0.369 e. The number of likely N-dealkylation sites (tertiary alicyclic amines) is 1. The van der Waals surface area contributed by atoms with Gasteiger partial charge in [0.2, 0.25) is 11.8 Å². The van der Waals surface area contributed by atoms with Crippen LogP contribution in [0, 0.1) is 5.92 Å². The molecule has 0 aliphatic carbocycles. The van der Waals surface area contributed by atoms with Crippen molar-refractivity contribution in [2.45, 2.75) is 12.8 Å². The fourth-order valence-electron chi connectivity index (χ4n) is 3.78. The van der Waals surface area contributed by atoms with Crippen LogP contribution < -0.4 is 10.6 Å². The molecule has 0 spiro atoms. The topological polar surface area (TPSA) is 83.7 Å². The molecule has 0 saturated carbocycles. The molecule has 2 N–H and O–H groups in total. The molecule has 3 amide bonds. The molecule has 4 rings (SSSR count). The average Bonchev–Trinajstić information content (AvgIpc) is 2.90. The van der Waals surface area contributed by atoms with Crippen molar-refractivity contribution in [3.8, 4) is 0 Å². The fourth-order valence-corrected chi connectivity index (χ4v) is 3.78. The summed E-state index contributed by atoms with van der Waals surface area (Å²) in [5.41, 5.74) is 6.77. The smallest absolute Gasteiger partial charge is 0.259 e. The summed E-state index contributed by atoms with van der Waals surface area (Å²) in [6.07, 6.45) is 1.18. The molecule has 0 atom stereocenters. The maximum absolute atomic E-state index is 12.7. The van der Waals surface area contributed by atoms with E-state index in [1.165, 1.54) is 0 Å². The third kappa shape index (κ3) is 2.54. The Bertz CT molecular complexity index is 879. The van der Waals surface area contributed by atoms with Crippen molar-refractivity contribution in [1.29, 1.82) is 0 Å². The lowest BCUT2D eigenvalue weighted by molar-refractivity contribution is -0.133. The highest BCUT2D eigenvalue weighted by molar-refractivity contribution is 6.26. The van der Waals surface area contributed by atoms with Crippen molar-refractivity contribution >= 4 is 34.2 Å².